The zero-order chi connectivity index (χ0) is 17.0. The average Bonchev–Trinajstić information content (AvgIpc) is 2.55. The fourth-order valence-electron chi connectivity index (χ4n) is 2.04. The lowest BCUT2D eigenvalue weighted by molar-refractivity contribution is -0.137. The molecule has 0 unspecified atom stereocenters. The Bertz CT molecular complexity index is 662. The van der Waals surface area contributed by atoms with Gasteiger partial charge >= 0.3 is 5.97 Å². The minimum absolute atomic E-state index is 0.482. The number of alkyl halides is 3. The molecular weight excluding hydrogens is 361 g/mol. The minimum atomic E-state index is -2.23. The smallest absolute Gasteiger partial charge is 0.361 e. The van der Waals surface area contributed by atoms with Gasteiger partial charge in [-0.05, 0) is 29.8 Å². The van der Waals surface area contributed by atoms with Crippen LogP contribution in [-0.4, -0.2) is 22.6 Å². The SMILES string of the molecule is COc1ccc([C@H](Cl)N(c2ccccc2)C(Cl)(Cl)C(=O)O)cc1. The zero-order valence-electron chi connectivity index (χ0n) is 12.1. The van der Waals surface area contributed by atoms with E-state index < -0.39 is 15.9 Å². The van der Waals surface area contributed by atoms with Gasteiger partial charge in [-0.2, -0.15) is 0 Å². The molecule has 2 aromatic carbocycles. The summed E-state index contributed by atoms with van der Waals surface area (Å²) in [5, 5.41) is 9.37. The lowest BCUT2D eigenvalue weighted by Gasteiger charge is -2.36. The monoisotopic (exact) mass is 373 g/mol. The predicted molar refractivity (Wildman–Crippen MR) is 92.6 cm³/mol. The first kappa shape index (κ1) is 17.7. The quantitative estimate of drug-likeness (QED) is 0.590. The van der Waals surface area contributed by atoms with E-state index in [9.17, 15) is 9.90 Å². The van der Waals surface area contributed by atoms with Gasteiger partial charge in [0.25, 0.3) is 4.46 Å². The Kier molecular flexibility index (Phi) is 5.63. The largest absolute Gasteiger partial charge is 0.497 e. The maximum absolute atomic E-state index is 11.5. The Hall–Kier alpha value is -1.62. The zero-order valence-corrected chi connectivity index (χ0v) is 14.4. The number of hydrogen-bond acceptors (Lipinski definition) is 3. The average molecular weight is 375 g/mol. The van der Waals surface area contributed by atoms with E-state index in [1.54, 1.807) is 61.7 Å². The lowest BCUT2D eigenvalue weighted by atomic mass is 10.1. The third-order valence-electron chi connectivity index (χ3n) is 3.21. The van der Waals surface area contributed by atoms with Crippen molar-refractivity contribution >= 4 is 46.5 Å². The molecule has 0 saturated carbocycles. The summed E-state index contributed by atoms with van der Waals surface area (Å²) >= 11 is 18.6. The highest BCUT2D eigenvalue weighted by Gasteiger charge is 2.44. The number of para-hydroxylation sites is 1. The highest BCUT2D eigenvalue weighted by atomic mass is 35.5. The van der Waals surface area contributed by atoms with Gasteiger partial charge in [0.15, 0.2) is 0 Å². The Balaban J connectivity index is 2.46. The van der Waals surface area contributed by atoms with Crippen LogP contribution in [-0.2, 0) is 4.79 Å². The van der Waals surface area contributed by atoms with Gasteiger partial charge in [0.1, 0.15) is 11.3 Å². The molecule has 0 aromatic heterocycles. The van der Waals surface area contributed by atoms with Crippen LogP contribution < -0.4 is 9.64 Å². The molecule has 0 spiro atoms. The fraction of sp³-hybridized carbons (Fsp3) is 0.188. The summed E-state index contributed by atoms with van der Waals surface area (Å²) in [6.45, 7) is 0. The van der Waals surface area contributed by atoms with E-state index in [4.69, 9.17) is 39.5 Å². The number of carboxylic acid groups (broad SMARTS) is 1. The van der Waals surface area contributed by atoms with Crippen LogP contribution in [0.15, 0.2) is 54.6 Å². The first-order valence-electron chi connectivity index (χ1n) is 6.61. The van der Waals surface area contributed by atoms with E-state index in [1.807, 2.05) is 0 Å². The van der Waals surface area contributed by atoms with Crippen molar-refractivity contribution in [3.8, 4) is 5.75 Å². The van der Waals surface area contributed by atoms with Crippen molar-refractivity contribution in [2.45, 2.75) is 9.96 Å². The van der Waals surface area contributed by atoms with Gasteiger partial charge in [0.2, 0.25) is 0 Å². The topological polar surface area (TPSA) is 49.8 Å². The predicted octanol–water partition coefficient (Wildman–Crippen LogP) is 4.66. The normalized spacial score (nSPS) is 12.5. The summed E-state index contributed by atoms with van der Waals surface area (Å²) in [5.41, 5.74) is 0.216. The molecule has 2 rings (SSSR count). The number of rotatable bonds is 6. The Labute approximate surface area is 149 Å². The number of aliphatic carboxylic acids is 1. The molecule has 2 aromatic rings. The lowest BCUT2D eigenvalue weighted by Crippen LogP contribution is -2.47. The van der Waals surface area contributed by atoms with Crippen molar-refractivity contribution in [2.75, 3.05) is 12.0 Å². The molecule has 0 aliphatic heterocycles. The summed E-state index contributed by atoms with van der Waals surface area (Å²) in [6.07, 6.45) is 0. The first-order valence-corrected chi connectivity index (χ1v) is 7.80. The number of benzene rings is 2. The van der Waals surface area contributed by atoms with Crippen LogP contribution in [0.3, 0.4) is 0 Å². The van der Waals surface area contributed by atoms with Crippen molar-refractivity contribution in [3.63, 3.8) is 0 Å². The van der Waals surface area contributed by atoms with E-state index in [-0.39, 0.29) is 0 Å². The van der Waals surface area contributed by atoms with E-state index in [0.29, 0.717) is 17.0 Å². The number of hydrogen-bond donors (Lipinski definition) is 1. The van der Waals surface area contributed by atoms with Crippen LogP contribution >= 0.6 is 34.8 Å². The molecule has 0 aliphatic carbocycles. The standard InChI is InChI=1S/C16H14Cl3NO3/c1-23-13-9-7-11(8-10-13)14(17)20(16(18,19)15(21)22)12-5-3-2-4-6-12/h2-10,14H,1H3,(H,21,22)/t14-/m1/s1. The molecule has 1 atom stereocenters. The highest BCUT2D eigenvalue weighted by molar-refractivity contribution is 6.59. The van der Waals surface area contributed by atoms with Crippen LogP contribution in [0.2, 0.25) is 0 Å². The van der Waals surface area contributed by atoms with Gasteiger partial charge in [-0.15, -0.1) is 0 Å². The summed E-state index contributed by atoms with van der Waals surface area (Å²) < 4.78 is 2.87. The fourth-order valence-corrected chi connectivity index (χ4v) is 2.93. The third kappa shape index (κ3) is 3.83. The molecule has 23 heavy (non-hydrogen) atoms. The molecule has 0 fully saturated rings. The van der Waals surface area contributed by atoms with Crippen LogP contribution in [0.1, 0.15) is 11.1 Å². The van der Waals surface area contributed by atoms with E-state index in [0.717, 1.165) is 0 Å². The molecule has 0 heterocycles. The van der Waals surface area contributed by atoms with Crippen molar-refractivity contribution in [2.24, 2.45) is 0 Å². The third-order valence-corrected chi connectivity index (χ3v) is 4.35. The molecule has 7 heteroatoms. The molecular formula is C16H14Cl3NO3. The second-order valence-electron chi connectivity index (χ2n) is 4.66. The summed E-state index contributed by atoms with van der Waals surface area (Å²) in [4.78, 5) is 12.7. The van der Waals surface area contributed by atoms with Crippen molar-refractivity contribution in [1.29, 1.82) is 0 Å². The van der Waals surface area contributed by atoms with E-state index >= 15 is 0 Å². The molecule has 0 aliphatic rings. The number of carboxylic acids is 1. The molecule has 1 N–H and O–H groups in total. The maximum atomic E-state index is 11.5. The minimum Gasteiger partial charge on any atom is -0.497 e. The van der Waals surface area contributed by atoms with Crippen LogP contribution in [0, 0.1) is 0 Å². The number of anilines is 1. The number of methoxy groups -OCH3 is 1. The number of nitrogens with zero attached hydrogens (tertiary/aromatic N) is 1. The number of halogens is 3. The van der Waals surface area contributed by atoms with Gasteiger partial charge in [-0.1, -0.05) is 65.1 Å². The number of ether oxygens (including phenoxy) is 1. The van der Waals surface area contributed by atoms with E-state index in [1.165, 1.54) is 4.90 Å². The van der Waals surface area contributed by atoms with Crippen molar-refractivity contribution in [1.82, 2.24) is 0 Å². The van der Waals surface area contributed by atoms with Crippen LogP contribution in [0.5, 0.6) is 5.75 Å². The van der Waals surface area contributed by atoms with Crippen LogP contribution in [0.4, 0.5) is 5.69 Å². The van der Waals surface area contributed by atoms with Gasteiger partial charge < -0.3 is 14.7 Å². The van der Waals surface area contributed by atoms with Gasteiger partial charge in [-0.3, -0.25) is 0 Å². The first-order chi connectivity index (χ1) is 10.9. The van der Waals surface area contributed by atoms with Crippen LogP contribution in [0.25, 0.3) is 0 Å². The Morgan fingerprint density at radius 2 is 1.70 bits per heavy atom. The van der Waals surface area contributed by atoms with Crippen molar-refractivity contribution in [3.05, 3.63) is 60.2 Å². The second kappa shape index (κ2) is 7.30. The second-order valence-corrected chi connectivity index (χ2v) is 6.36. The molecule has 0 radical (unpaired) electrons. The molecule has 0 bridgehead atoms. The highest BCUT2D eigenvalue weighted by Crippen LogP contribution is 2.41. The Morgan fingerprint density at radius 1 is 1.13 bits per heavy atom. The van der Waals surface area contributed by atoms with Gasteiger partial charge in [-0.25, -0.2) is 4.79 Å². The maximum Gasteiger partial charge on any atom is 0.361 e. The summed E-state index contributed by atoms with van der Waals surface area (Å²) in [5.74, 6) is -0.756. The summed E-state index contributed by atoms with van der Waals surface area (Å²) in [6, 6.07) is 15.5. The molecule has 122 valence electrons. The molecule has 0 amide bonds. The Morgan fingerprint density at radius 3 is 2.17 bits per heavy atom. The number of carbonyl (C=O) groups is 1. The van der Waals surface area contributed by atoms with Gasteiger partial charge in [0.05, 0.1) is 7.11 Å². The summed E-state index contributed by atoms with van der Waals surface area (Å²) in [7, 11) is 1.55. The van der Waals surface area contributed by atoms with Gasteiger partial charge in [0, 0.05) is 5.69 Å². The molecule has 4 nitrogen and oxygen atoms in total. The van der Waals surface area contributed by atoms with Crippen molar-refractivity contribution < 1.29 is 14.6 Å². The van der Waals surface area contributed by atoms with E-state index in [2.05, 4.69) is 0 Å². The molecule has 0 saturated heterocycles.